The summed E-state index contributed by atoms with van der Waals surface area (Å²) in [7, 11) is 2.21. The van der Waals surface area contributed by atoms with Crippen LogP contribution < -0.4 is 15.1 Å². The van der Waals surface area contributed by atoms with Crippen LogP contribution in [0.25, 0.3) is 11.2 Å². The van der Waals surface area contributed by atoms with Crippen molar-refractivity contribution in [3.05, 3.63) is 48.3 Å². The summed E-state index contributed by atoms with van der Waals surface area (Å²) in [4.78, 5) is 32.2. The van der Waals surface area contributed by atoms with Gasteiger partial charge in [0.15, 0.2) is 17.0 Å². The number of benzene rings is 1. The summed E-state index contributed by atoms with van der Waals surface area (Å²) < 4.78 is 0. The molecular weight excluding hydrogens is 452 g/mol. The largest absolute Gasteiger partial charge is 0.372 e. The fourth-order valence-corrected chi connectivity index (χ4v) is 5.43. The fourth-order valence-electron chi connectivity index (χ4n) is 5.43. The Morgan fingerprint density at radius 1 is 0.972 bits per heavy atom. The first kappa shape index (κ1) is 22.8. The van der Waals surface area contributed by atoms with Crippen LogP contribution in [0.1, 0.15) is 31.2 Å². The van der Waals surface area contributed by atoms with E-state index in [1.165, 1.54) is 37.3 Å². The number of piperidine rings is 1. The molecule has 10 nitrogen and oxygen atoms in total. The molecule has 6 rings (SSSR count). The molecule has 0 unspecified atom stereocenters. The molecule has 0 bridgehead atoms. The summed E-state index contributed by atoms with van der Waals surface area (Å²) in [6, 6.07) is 9.17. The predicted molar refractivity (Wildman–Crippen MR) is 143 cm³/mol. The van der Waals surface area contributed by atoms with Gasteiger partial charge in [-0.05, 0) is 43.7 Å². The lowest BCUT2D eigenvalue weighted by Gasteiger charge is -2.37. The zero-order valence-corrected chi connectivity index (χ0v) is 21.0. The van der Waals surface area contributed by atoms with Gasteiger partial charge in [0, 0.05) is 69.2 Å². The maximum Gasteiger partial charge on any atom is 0.231 e. The molecule has 188 valence electrons. The van der Waals surface area contributed by atoms with Crippen LogP contribution in [-0.2, 0) is 12.8 Å². The van der Waals surface area contributed by atoms with Crippen molar-refractivity contribution in [1.29, 1.82) is 0 Å². The second kappa shape index (κ2) is 9.77. The van der Waals surface area contributed by atoms with E-state index in [1.807, 2.05) is 0 Å². The van der Waals surface area contributed by atoms with Gasteiger partial charge in [0.05, 0.1) is 18.3 Å². The Bertz CT molecular complexity index is 1280. The van der Waals surface area contributed by atoms with Gasteiger partial charge in [0.1, 0.15) is 0 Å². The van der Waals surface area contributed by atoms with Crippen LogP contribution in [0, 0.1) is 0 Å². The van der Waals surface area contributed by atoms with Gasteiger partial charge in [0.25, 0.3) is 0 Å². The molecule has 10 heteroatoms. The van der Waals surface area contributed by atoms with E-state index >= 15 is 0 Å². The molecule has 2 aliphatic heterocycles. The predicted octanol–water partition coefficient (Wildman–Crippen LogP) is 3.35. The molecule has 0 aliphatic carbocycles. The topological polar surface area (TPSA) is 105 Å². The Hall–Kier alpha value is -3.66. The first-order chi connectivity index (χ1) is 17.7. The minimum Gasteiger partial charge on any atom is -0.372 e. The van der Waals surface area contributed by atoms with Crippen molar-refractivity contribution in [3.8, 4) is 0 Å². The van der Waals surface area contributed by atoms with Gasteiger partial charge in [-0.2, -0.15) is 9.97 Å². The molecule has 36 heavy (non-hydrogen) atoms. The molecule has 1 aromatic carbocycles. The standard InChI is InChI=1S/C26H34N10/c1-3-35-12-8-20(9-13-35)34(2)19-6-4-18(5-7-19)31-26-32-24-23(29-17-30-24)25(33-26)36-14-10-21-22(11-15-36)28-16-27-21/h4-7,16-17,20H,3,8-15H2,1-2H3,(H,27,28)(H2,29,30,31,32,33). The lowest BCUT2D eigenvalue weighted by atomic mass is 10.0. The minimum absolute atomic E-state index is 0.565. The SMILES string of the molecule is CCN1CCC(N(C)c2ccc(Nc3nc(N4CCc5nc[nH]c5CC4)c4nc[nH]c4n3)cc2)CC1. The average molecular weight is 487 g/mol. The number of aromatic nitrogens is 6. The maximum atomic E-state index is 4.90. The van der Waals surface area contributed by atoms with Crippen molar-refractivity contribution in [3.63, 3.8) is 0 Å². The highest BCUT2D eigenvalue weighted by Gasteiger charge is 2.23. The van der Waals surface area contributed by atoms with E-state index in [0.29, 0.717) is 12.0 Å². The molecule has 3 N–H and O–H groups in total. The molecule has 4 aromatic rings. The summed E-state index contributed by atoms with van der Waals surface area (Å²) in [6.07, 6.45) is 7.68. The lowest BCUT2D eigenvalue weighted by molar-refractivity contribution is 0.221. The normalized spacial score (nSPS) is 17.2. The van der Waals surface area contributed by atoms with Crippen LogP contribution >= 0.6 is 0 Å². The van der Waals surface area contributed by atoms with Crippen LogP contribution in [-0.4, -0.2) is 80.6 Å². The Labute approximate surface area is 211 Å². The van der Waals surface area contributed by atoms with Crippen LogP contribution in [0.15, 0.2) is 36.9 Å². The van der Waals surface area contributed by atoms with Crippen LogP contribution in [0.4, 0.5) is 23.1 Å². The van der Waals surface area contributed by atoms with E-state index in [0.717, 1.165) is 60.8 Å². The van der Waals surface area contributed by atoms with E-state index in [-0.39, 0.29) is 0 Å². The first-order valence-electron chi connectivity index (χ1n) is 13.0. The van der Waals surface area contributed by atoms with E-state index in [9.17, 15) is 0 Å². The van der Waals surface area contributed by atoms with Crippen molar-refractivity contribution in [1.82, 2.24) is 34.8 Å². The highest BCUT2D eigenvalue weighted by Crippen LogP contribution is 2.28. The summed E-state index contributed by atoms with van der Waals surface area (Å²) in [5.74, 6) is 1.42. The zero-order chi connectivity index (χ0) is 24.5. The Balaban J connectivity index is 1.18. The number of anilines is 4. The second-order valence-corrected chi connectivity index (χ2v) is 9.73. The second-order valence-electron chi connectivity index (χ2n) is 9.73. The number of fused-ring (bicyclic) bond motifs is 2. The van der Waals surface area contributed by atoms with Gasteiger partial charge in [-0.1, -0.05) is 6.92 Å². The summed E-state index contributed by atoms with van der Waals surface area (Å²) in [5, 5.41) is 3.41. The molecule has 5 heterocycles. The Morgan fingerprint density at radius 2 is 1.75 bits per heavy atom. The molecular formula is C26H34N10. The molecule has 0 radical (unpaired) electrons. The summed E-state index contributed by atoms with van der Waals surface area (Å²) in [6.45, 7) is 7.45. The third-order valence-electron chi connectivity index (χ3n) is 7.70. The number of likely N-dealkylation sites (tertiary alicyclic amines) is 1. The van der Waals surface area contributed by atoms with E-state index < -0.39 is 0 Å². The van der Waals surface area contributed by atoms with Gasteiger partial charge in [-0.25, -0.2) is 9.97 Å². The number of nitrogens with one attached hydrogen (secondary N) is 3. The van der Waals surface area contributed by atoms with Crippen molar-refractivity contribution in [2.75, 3.05) is 54.9 Å². The van der Waals surface area contributed by atoms with Gasteiger partial charge in [-0.3, -0.25) is 0 Å². The maximum absolute atomic E-state index is 4.90. The molecule has 1 fully saturated rings. The van der Waals surface area contributed by atoms with Crippen LogP contribution in [0.2, 0.25) is 0 Å². The highest BCUT2D eigenvalue weighted by molar-refractivity contribution is 5.85. The third-order valence-corrected chi connectivity index (χ3v) is 7.70. The number of H-pyrrole nitrogens is 2. The minimum atomic E-state index is 0.565. The number of aromatic amines is 2. The van der Waals surface area contributed by atoms with Crippen LogP contribution in [0.3, 0.4) is 0 Å². The number of rotatable bonds is 6. The zero-order valence-electron chi connectivity index (χ0n) is 21.0. The number of hydrogen-bond donors (Lipinski definition) is 3. The molecule has 0 atom stereocenters. The van der Waals surface area contributed by atoms with E-state index in [4.69, 9.17) is 4.98 Å². The highest BCUT2D eigenvalue weighted by atomic mass is 15.3. The van der Waals surface area contributed by atoms with E-state index in [2.05, 4.69) is 83.2 Å². The van der Waals surface area contributed by atoms with Crippen molar-refractivity contribution >= 4 is 34.3 Å². The van der Waals surface area contributed by atoms with Gasteiger partial charge in [0.2, 0.25) is 5.95 Å². The van der Waals surface area contributed by atoms with Crippen molar-refractivity contribution in [2.45, 2.75) is 38.6 Å². The molecule has 0 saturated carbocycles. The molecule has 0 spiro atoms. The van der Waals surface area contributed by atoms with Crippen molar-refractivity contribution in [2.24, 2.45) is 0 Å². The number of hydrogen-bond acceptors (Lipinski definition) is 8. The molecule has 3 aromatic heterocycles. The number of imidazole rings is 2. The molecule has 2 aliphatic rings. The fraction of sp³-hybridized carbons (Fsp3) is 0.462. The Kier molecular flexibility index (Phi) is 6.18. The monoisotopic (exact) mass is 486 g/mol. The van der Waals surface area contributed by atoms with Crippen molar-refractivity contribution < 1.29 is 0 Å². The Morgan fingerprint density at radius 3 is 2.56 bits per heavy atom. The van der Waals surface area contributed by atoms with Crippen LogP contribution in [0.5, 0.6) is 0 Å². The van der Waals surface area contributed by atoms with Gasteiger partial charge in [-0.15, -0.1) is 0 Å². The summed E-state index contributed by atoms with van der Waals surface area (Å²) in [5.41, 5.74) is 6.09. The summed E-state index contributed by atoms with van der Waals surface area (Å²) >= 11 is 0. The lowest BCUT2D eigenvalue weighted by Crippen LogP contribution is -2.43. The van der Waals surface area contributed by atoms with E-state index in [1.54, 1.807) is 12.7 Å². The molecule has 1 saturated heterocycles. The average Bonchev–Trinajstić information content (AvgIpc) is 3.53. The third kappa shape index (κ3) is 4.48. The van der Waals surface area contributed by atoms with Gasteiger partial charge >= 0.3 is 0 Å². The van der Waals surface area contributed by atoms with Gasteiger partial charge < -0.3 is 30.0 Å². The smallest absolute Gasteiger partial charge is 0.231 e. The number of nitrogens with zero attached hydrogens (tertiary/aromatic N) is 7. The first-order valence-corrected chi connectivity index (χ1v) is 13.0. The quantitative estimate of drug-likeness (QED) is 0.381. The molecule has 0 amide bonds.